The third kappa shape index (κ3) is 3.53. The highest BCUT2D eigenvalue weighted by atomic mass is 16.5. The Morgan fingerprint density at radius 3 is 2.24 bits per heavy atom. The number of carbonyl (C=O) groups excluding carboxylic acids is 2. The molecule has 0 heterocycles. The maximum Gasteiger partial charge on any atom is 0.302 e. The monoisotopic (exact) mass is 404 g/mol. The Bertz CT molecular complexity index is 659. The van der Waals surface area contributed by atoms with Crippen molar-refractivity contribution in [3.63, 3.8) is 0 Å². The molecule has 0 saturated heterocycles. The second-order valence-electron chi connectivity index (χ2n) is 11.2. The van der Waals surface area contributed by atoms with Crippen LogP contribution in [0.3, 0.4) is 0 Å². The molecule has 4 rings (SSSR count). The molecule has 0 bridgehead atoms. The SMILES string of the molecule is CC(=O)O[C@H]1CC[C@@]2(C)[C@@H](CC[C@@H]3[C@H]2CC[C@]2(C)[C@@H]([C@@H](C)OC(C)=O)CC[C@@H]32)C1. The van der Waals surface area contributed by atoms with Crippen LogP contribution in [-0.2, 0) is 19.1 Å². The number of ether oxygens (including phenoxy) is 2. The molecule has 4 nitrogen and oxygen atoms in total. The molecule has 0 N–H and O–H groups in total. The molecule has 0 spiro atoms. The van der Waals surface area contributed by atoms with Crippen LogP contribution in [0.2, 0.25) is 0 Å². The van der Waals surface area contributed by atoms with Gasteiger partial charge in [0.15, 0.2) is 0 Å². The Hall–Kier alpha value is -1.06. The minimum Gasteiger partial charge on any atom is -0.463 e. The van der Waals surface area contributed by atoms with Crippen LogP contribution in [0.5, 0.6) is 0 Å². The predicted octanol–water partition coefficient (Wildman–Crippen LogP) is 5.53. The summed E-state index contributed by atoms with van der Waals surface area (Å²) >= 11 is 0. The predicted molar refractivity (Wildman–Crippen MR) is 112 cm³/mol. The zero-order valence-corrected chi connectivity index (χ0v) is 19.0. The quantitative estimate of drug-likeness (QED) is 0.581. The lowest BCUT2D eigenvalue weighted by Gasteiger charge is -2.61. The van der Waals surface area contributed by atoms with Crippen LogP contribution in [-0.4, -0.2) is 24.1 Å². The van der Waals surface area contributed by atoms with Crippen LogP contribution in [0.1, 0.15) is 92.4 Å². The van der Waals surface area contributed by atoms with E-state index in [-0.39, 0.29) is 24.1 Å². The Labute approximate surface area is 176 Å². The normalized spacial score (nSPS) is 47.3. The van der Waals surface area contributed by atoms with E-state index in [1.807, 2.05) is 0 Å². The molecule has 0 aromatic rings. The average molecular weight is 405 g/mol. The van der Waals surface area contributed by atoms with E-state index in [4.69, 9.17) is 9.47 Å². The molecule has 0 radical (unpaired) electrons. The lowest BCUT2D eigenvalue weighted by molar-refractivity contribution is -0.164. The molecule has 0 aromatic heterocycles. The third-order valence-corrected chi connectivity index (χ3v) is 9.94. The maximum absolute atomic E-state index is 11.5. The summed E-state index contributed by atoms with van der Waals surface area (Å²) in [6, 6.07) is 0. The van der Waals surface area contributed by atoms with E-state index in [0.29, 0.717) is 22.7 Å². The van der Waals surface area contributed by atoms with E-state index in [2.05, 4.69) is 20.8 Å². The molecule has 164 valence electrons. The lowest BCUT2D eigenvalue weighted by Crippen LogP contribution is -2.54. The summed E-state index contributed by atoms with van der Waals surface area (Å²) in [7, 11) is 0. The van der Waals surface area contributed by atoms with Crippen molar-refractivity contribution in [2.75, 3.05) is 0 Å². The lowest BCUT2D eigenvalue weighted by atomic mass is 9.44. The van der Waals surface area contributed by atoms with Crippen molar-refractivity contribution in [1.29, 1.82) is 0 Å². The zero-order chi connectivity index (χ0) is 21.0. The van der Waals surface area contributed by atoms with Gasteiger partial charge in [-0.2, -0.15) is 0 Å². The Morgan fingerprint density at radius 2 is 1.55 bits per heavy atom. The molecule has 9 atom stereocenters. The first kappa shape index (κ1) is 21.2. The van der Waals surface area contributed by atoms with Crippen molar-refractivity contribution in [3.8, 4) is 0 Å². The fourth-order valence-corrected chi connectivity index (χ4v) is 8.72. The van der Waals surface area contributed by atoms with Gasteiger partial charge in [0.05, 0.1) is 0 Å². The zero-order valence-electron chi connectivity index (χ0n) is 19.0. The van der Waals surface area contributed by atoms with E-state index >= 15 is 0 Å². The highest BCUT2D eigenvalue weighted by Crippen LogP contribution is 2.68. The van der Waals surface area contributed by atoms with Gasteiger partial charge >= 0.3 is 11.9 Å². The van der Waals surface area contributed by atoms with Gasteiger partial charge in [-0.1, -0.05) is 13.8 Å². The number of hydrogen-bond donors (Lipinski definition) is 0. The van der Waals surface area contributed by atoms with Crippen molar-refractivity contribution in [2.24, 2.45) is 40.4 Å². The van der Waals surface area contributed by atoms with Gasteiger partial charge in [-0.3, -0.25) is 9.59 Å². The maximum atomic E-state index is 11.5. The summed E-state index contributed by atoms with van der Waals surface area (Å²) < 4.78 is 11.3. The fourth-order valence-electron chi connectivity index (χ4n) is 8.72. The van der Waals surface area contributed by atoms with Crippen LogP contribution >= 0.6 is 0 Å². The van der Waals surface area contributed by atoms with Crippen LogP contribution in [0, 0.1) is 40.4 Å². The van der Waals surface area contributed by atoms with E-state index in [0.717, 1.165) is 30.6 Å². The van der Waals surface area contributed by atoms with Crippen molar-refractivity contribution in [3.05, 3.63) is 0 Å². The standard InChI is InChI=1S/C25H40O4/c1-15(28-16(2)26)21-8-9-22-20-7-6-18-14-19(29-17(3)27)10-12-24(18,4)23(20)11-13-25(21,22)5/h15,18-23H,6-14H2,1-5H3/t15-,18+,19+,20+,21-,22+,23-,24+,25-/m1/s1. The first-order chi connectivity index (χ1) is 13.6. The van der Waals surface area contributed by atoms with E-state index in [1.165, 1.54) is 51.9 Å². The van der Waals surface area contributed by atoms with Gasteiger partial charge in [-0.05, 0) is 99.2 Å². The topological polar surface area (TPSA) is 52.6 Å². The molecule has 0 amide bonds. The number of fused-ring (bicyclic) bond motifs is 5. The molecule has 4 aliphatic rings. The van der Waals surface area contributed by atoms with Crippen molar-refractivity contribution in [2.45, 2.75) is 105 Å². The molecule has 0 aliphatic heterocycles. The molecular weight excluding hydrogens is 364 g/mol. The number of rotatable bonds is 3. The van der Waals surface area contributed by atoms with Gasteiger partial charge in [0.1, 0.15) is 12.2 Å². The summed E-state index contributed by atoms with van der Waals surface area (Å²) in [5.41, 5.74) is 0.717. The summed E-state index contributed by atoms with van der Waals surface area (Å²) in [6.45, 7) is 10.2. The molecule has 4 heteroatoms. The summed E-state index contributed by atoms with van der Waals surface area (Å²) in [4.78, 5) is 23.0. The largest absolute Gasteiger partial charge is 0.463 e. The van der Waals surface area contributed by atoms with Gasteiger partial charge < -0.3 is 9.47 Å². The molecule has 0 aromatic carbocycles. The van der Waals surface area contributed by atoms with Gasteiger partial charge in [0.25, 0.3) is 0 Å². The van der Waals surface area contributed by atoms with Crippen LogP contribution in [0.15, 0.2) is 0 Å². The van der Waals surface area contributed by atoms with Crippen LogP contribution in [0.4, 0.5) is 0 Å². The summed E-state index contributed by atoms with van der Waals surface area (Å²) in [5, 5.41) is 0. The van der Waals surface area contributed by atoms with Crippen molar-refractivity contribution >= 4 is 11.9 Å². The number of hydrogen-bond acceptors (Lipinski definition) is 4. The van der Waals surface area contributed by atoms with E-state index in [9.17, 15) is 9.59 Å². The van der Waals surface area contributed by atoms with Crippen molar-refractivity contribution in [1.82, 2.24) is 0 Å². The minimum atomic E-state index is -0.143. The highest BCUT2D eigenvalue weighted by molar-refractivity contribution is 5.66. The molecule has 4 fully saturated rings. The first-order valence-corrected chi connectivity index (χ1v) is 12.0. The Morgan fingerprint density at radius 1 is 0.862 bits per heavy atom. The molecule has 4 saturated carbocycles. The highest BCUT2D eigenvalue weighted by Gasteiger charge is 2.61. The molecule has 0 unspecified atom stereocenters. The average Bonchev–Trinajstić information content (AvgIpc) is 2.98. The second kappa shape index (κ2) is 7.57. The Balaban J connectivity index is 1.50. The molecular formula is C25H40O4. The Kier molecular flexibility index (Phi) is 5.53. The summed E-state index contributed by atoms with van der Waals surface area (Å²) in [5.74, 6) is 3.32. The van der Waals surface area contributed by atoms with E-state index < -0.39 is 0 Å². The third-order valence-electron chi connectivity index (χ3n) is 9.94. The van der Waals surface area contributed by atoms with Crippen LogP contribution in [0.25, 0.3) is 0 Å². The molecule has 29 heavy (non-hydrogen) atoms. The van der Waals surface area contributed by atoms with Gasteiger partial charge in [0, 0.05) is 19.8 Å². The fraction of sp³-hybridized carbons (Fsp3) is 0.920. The van der Waals surface area contributed by atoms with E-state index in [1.54, 1.807) is 6.92 Å². The van der Waals surface area contributed by atoms with Gasteiger partial charge in [-0.25, -0.2) is 0 Å². The first-order valence-electron chi connectivity index (χ1n) is 12.0. The smallest absolute Gasteiger partial charge is 0.302 e. The number of carbonyl (C=O) groups is 2. The second-order valence-corrected chi connectivity index (χ2v) is 11.2. The minimum absolute atomic E-state index is 0.0325. The van der Waals surface area contributed by atoms with Gasteiger partial charge in [-0.15, -0.1) is 0 Å². The van der Waals surface area contributed by atoms with Gasteiger partial charge in [0.2, 0.25) is 0 Å². The van der Waals surface area contributed by atoms with Crippen LogP contribution < -0.4 is 0 Å². The number of esters is 2. The van der Waals surface area contributed by atoms with Crippen molar-refractivity contribution < 1.29 is 19.1 Å². The molecule has 4 aliphatic carbocycles. The summed E-state index contributed by atoms with van der Waals surface area (Å²) in [6.07, 6.45) is 11.2.